The van der Waals surface area contributed by atoms with Gasteiger partial charge in [0, 0.05) is 6.07 Å². The lowest BCUT2D eigenvalue weighted by Crippen LogP contribution is -2.23. The molecule has 0 fully saturated rings. The van der Waals surface area contributed by atoms with Crippen molar-refractivity contribution < 1.29 is 13.2 Å². The maximum Gasteiger partial charge on any atom is 0.434 e. The standard InChI is InChI=1S/C18H14F3S/c19-18(20,21)13-22(16-8-2-1-3-9-16)17-11-10-14-6-4-5-7-15(14)12-17/h1-12H,13H2/q+1. The third-order valence-electron chi connectivity index (χ3n) is 3.34. The highest BCUT2D eigenvalue weighted by molar-refractivity contribution is 7.97. The van der Waals surface area contributed by atoms with Crippen molar-refractivity contribution >= 4 is 21.7 Å². The van der Waals surface area contributed by atoms with Crippen LogP contribution in [-0.4, -0.2) is 11.9 Å². The molecule has 1 atom stereocenters. The molecule has 0 N–H and O–H groups in total. The van der Waals surface area contributed by atoms with Crippen LogP contribution in [-0.2, 0) is 10.9 Å². The summed E-state index contributed by atoms with van der Waals surface area (Å²) in [5.41, 5.74) is 0. The van der Waals surface area contributed by atoms with Gasteiger partial charge in [-0.15, -0.1) is 0 Å². The molecule has 3 aromatic rings. The Balaban J connectivity index is 2.07. The number of fused-ring (bicyclic) bond motifs is 1. The fourth-order valence-electron chi connectivity index (χ4n) is 2.37. The maximum absolute atomic E-state index is 13.0. The van der Waals surface area contributed by atoms with Crippen LogP contribution < -0.4 is 0 Å². The van der Waals surface area contributed by atoms with Crippen LogP contribution in [0.1, 0.15) is 0 Å². The molecule has 3 aromatic carbocycles. The highest BCUT2D eigenvalue weighted by Crippen LogP contribution is 2.31. The molecular weight excluding hydrogens is 305 g/mol. The Hall–Kier alpha value is -1.94. The largest absolute Gasteiger partial charge is 0.434 e. The minimum Gasteiger partial charge on any atom is -0.166 e. The number of benzene rings is 3. The summed E-state index contributed by atoms with van der Waals surface area (Å²) < 4.78 is 39.0. The summed E-state index contributed by atoms with van der Waals surface area (Å²) in [6, 6.07) is 22.2. The van der Waals surface area contributed by atoms with Gasteiger partial charge in [-0.2, -0.15) is 13.2 Å². The van der Waals surface area contributed by atoms with E-state index in [1.54, 1.807) is 24.3 Å². The predicted octanol–water partition coefficient (Wildman–Crippen LogP) is 5.44. The summed E-state index contributed by atoms with van der Waals surface area (Å²) in [4.78, 5) is 1.44. The van der Waals surface area contributed by atoms with Crippen molar-refractivity contribution in [2.45, 2.75) is 16.0 Å². The van der Waals surface area contributed by atoms with Crippen molar-refractivity contribution in [1.29, 1.82) is 0 Å². The molecule has 0 aliphatic heterocycles. The molecule has 1 unspecified atom stereocenters. The monoisotopic (exact) mass is 319 g/mol. The van der Waals surface area contributed by atoms with Crippen molar-refractivity contribution in [3.8, 4) is 0 Å². The van der Waals surface area contributed by atoms with Gasteiger partial charge in [-0.25, -0.2) is 0 Å². The first-order chi connectivity index (χ1) is 10.5. The zero-order chi connectivity index (χ0) is 15.6. The Bertz CT molecular complexity index is 766. The first kappa shape index (κ1) is 15.0. The van der Waals surface area contributed by atoms with Crippen LogP contribution in [0.2, 0.25) is 0 Å². The van der Waals surface area contributed by atoms with E-state index in [4.69, 9.17) is 0 Å². The van der Waals surface area contributed by atoms with Gasteiger partial charge in [0.25, 0.3) is 0 Å². The van der Waals surface area contributed by atoms with Crippen LogP contribution in [0.3, 0.4) is 0 Å². The smallest absolute Gasteiger partial charge is 0.166 e. The fraction of sp³-hybridized carbons (Fsp3) is 0.111. The Labute approximate surface area is 129 Å². The summed E-state index contributed by atoms with van der Waals surface area (Å²) in [7, 11) is -1.00. The van der Waals surface area contributed by atoms with E-state index in [-0.39, 0.29) is 0 Å². The van der Waals surface area contributed by atoms with Crippen molar-refractivity contribution in [1.82, 2.24) is 0 Å². The quantitative estimate of drug-likeness (QED) is 0.564. The molecule has 0 bridgehead atoms. The van der Waals surface area contributed by atoms with Gasteiger partial charge >= 0.3 is 6.18 Å². The SMILES string of the molecule is FC(F)(F)C[S+](c1ccccc1)c1ccc2ccccc2c1. The lowest BCUT2D eigenvalue weighted by molar-refractivity contribution is -0.105. The second-order valence-electron chi connectivity index (χ2n) is 4.97. The molecule has 3 rings (SSSR count). The van der Waals surface area contributed by atoms with Crippen molar-refractivity contribution in [2.75, 3.05) is 5.75 Å². The highest BCUT2D eigenvalue weighted by Gasteiger charge is 2.41. The topological polar surface area (TPSA) is 0 Å². The van der Waals surface area contributed by atoms with Crippen LogP contribution >= 0.6 is 0 Å². The van der Waals surface area contributed by atoms with E-state index in [1.807, 2.05) is 48.5 Å². The molecule has 0 heterocycles. The predicted molar refractivity (Wildman–Crippen MR) is 85.2 cm³/mol. The molecule has 0 nitrogen and oxygen atoms in total. The van der Waals surface area contributed by atoms with Crippen LogP contribution in [0.5, 0.6) is 0 Å². The van der Waals surface area contributed by atoms with Gasteiger partial charge in [0.2, 0.25) is 5.75 Å². The summed E-state index contributed by atoms with van der Waals surface area (Å²) in [6.07, 6.45) is -4.19. The van der Waals surface area contributed by atoms with Crippen LogP contribution in [0.4, 0.5) is 13.2 Å². The maximum atomic E-state index is 13.0. The number of rotatable bonds is 3. The van der Waals surface area contributed by atoms with E-state index in [2.05, 4.69) is 0 Å². The summed E-state index contributed by atoms with van der Waals surface area (Å²) in [6.45, 7) is 0. The number of hydrogen-bond acceptors (Lipinski definition) is 0. The normalized spacial score (nSPS) is 13.2. The van der Waals surface area contributed by atoms with Crippen LogP contribution in [0.15, 0.2) is 82.6 Å². The second kappa shape index (κ2) is 6.05. The molecule has 0 aliphatic carbocycles. The molecule has 0 saturated heterocycles. The molecule has 0 amide bonds. The Morgan fingerprint density at radius 3 is 2.00 bits per heavy atom. The highest BCUT2D eigenvalue weighted by atomic mass is 32.2. The molecular formula is C18H14F3S+. The Morgan fingerprint density at radius 1 is 0.682 bits per heavy atom. The van der Waals surface area contributed by atoms with E-state index >= 15 is 0 Å². The van der Waals surface area contributed by atoms with Gasteiger partial charge in [0.05, 0.1) is 10.9 Å². The Morgan fingerprint density at radius 2 is 1.32 bits per heavy atom. The van der Waals surface area contributed by atoms with E-state index in [0.717, 1.165) is 20.6 Å². The lowest BCUT2D eigenvalue weighted by Gasteiger charge is -2.11. The lowest BCUT2D eigenvalue weighted by atomic mass is 10.1. The third kappa shape index (κ3) is 3.45. The van der Waals surface area contributed by atoms with Gasteiger partial charge in [-0.05, 0) is 35.0 Å². The first-order valence-electron chi connectivity index (χ1n) is 6.84. The molecule has 0 radical (unpaired) electrons. The molecule has 0 aliphatic rings. The summed E-state index contributed by atoms with van der Waals surface area (Å²) in [5.74, 6) is -0.824. The zero-order valence-electron chi connectivity index (χ0n) is 11.7. The van der Waals surface area contributed by atoms with E-state index in [1.165, 1.54) is 0 Å². The number of hydrogen-bond donors (Lipinski definition) is 0. The van der Waals surface area contributed by atoms with Crippen molar-refractivity contribution in [2.24, 2.45) is 0 Å². The van der Waals surface area contributed by atoms with Crippen molar-refractivity contribution in [3.63, 3.8) is 0 Å². The fourth-order valence-corrected chi connectivity index (χ4v) is 4.29. The second-order valence-corrected chi connectivity index (χ2v) is 6.99. The molecule has 0 spiro atoms. The van der Waals surface area contributed by atoms with Crippen LogP contribution in [0, 0.1) is 0 Å². The third-order valence-corrected chi connectivity index (χ3v) is 5.62. The van der Waals surface area contributed by atoms with Gasteiger partial charge < -0.3 is 0 Å². The first-order valence-corrected chi connectivity index (χ1v) is 8.24. The minimum absolute atomic E-state index is 0.718. The summed E-state index contributed by atoms with van der Waals surface area (Å²) >= 11 is 0. The van der Waals surface area contributed by atoms with E-state index in [9.17, 15) is 13.2 Å². The van der Waals surface area contributed by atoms with Gasteiger partial charge in [-0.1, -0.05) is 42.5 Å². The molecule has 112 valence electrons. The Kier molecular flexibility index (Phi) is 4.12. The van der Waals surface area contributed by atoms with Gasteiger partial charge in [0.15, 0.2) is 9.79 Å². The summed E-state index contributed by atoms with van der Waals surface area (Å²) in [5, 5.41) is 2.01. The average Bonchev–Trinajstić information content (AvgIpc) is 2.52. The zero-order valence-corrected chi connectivity index (χ0v) is 12.5. The van der Waals surface area contributed by atoms with E-state index < -0.39 is 22.8 Å². The van der Waals surface area contributed by atoms with Gasteiger partial charge in [0.1, 0.15) is 0 Å². The molecule has 0 aromatic heterocycles. The van der Waals surface area contributed by atoms with Crippen molar-refractivity contribution in [3.05, 3.63) is 72.8 Å². The molecule has 4 heteroatoms. The number of halogens is 3. The van der Waals surface area contributed by atoms with Gasteiger partial charge in [-0.3, -0.25) is 0 Å². The molecule has 0 saturated carbocycles. The van der Waals surface area contributed by atoms with Crippen LogP contribution in [0.25, 0.3) is 10.8 Å². The minimum atomic E-state index is -4.19. The average molecular weight is 319 g/mol. The van der Waals surface area contributed by atoms with E-state index in [0.29, 0.717) is 0 Å². The molecule has 22 heavy (non-hydrogen) atoms. The number of alkyl halides is 3.